The number of nitrogens with one attached hydrogen (secondary N) is 1. The number of anilines is 1. The first-order valence-electron chi connectivity index (χ1n) is 10.5. The highest BCUT2D eigenvalue weighted by atomic mass is 35.5. The summed E-state index contributed by atoms with van der Waals surface area (Å²) in [4.78, 5) is 15.4. The van der Waals surface area contributed by atoms with Crippen molar-refractivity contribution in [3.8, 4) is 11.5 Å². The highest BCUT2D eigenvalue weighted by molar-refractivity contribution is 6.35. The minimum atomic E-state index is -0.140. The Morgan fingerprint density at radius 2 is 1.75 bits per heavy atom. The molecule has 1 saturated heterocycles. The molecule has 0 unspecified atom stereocenters. The Hall–Kier alpha value is -2.24. The van der Waals surface area contributed by atoms with Gasteiger partial charge in [0.05, 0.1) is 11.6 Å². The summed E-state index contributed by atoms with van der Waals surface area (Å²) in [5, 5.41) is 4.82. The van der Waals surface area contributed by atoms with E-state index in [2.05, 4.69) is 10.2 Å². The average molecular weight is 490 g/mol. The van der Waals surface area contributed by atoms with Gasteiger partial charge in [-0.3, -0.25) is 9.69 Å². The molecule has 1 aliphatic rings. The van der Waals surface area contributed by atoms with Crippen LogP contribution in [0.25, 0.3) is 0 Å². The molecule has 4 nitrogen and oxygen atoms in total. The van der Waals surface area contributed by atoms with E-state index in [4.69, 9.17) is 39.5 Å². The van der Waals surface area contributed by atoms with Crippen LogP contribution in [0.1, 0.15) is 18.4 Å². The van der Waals surface area contributed by atoms with E-state index in [0.29, 0.717) is 45.3 Å². The Kier molecular flexibility index (Phi) is 7.59. The van der Waals surface area contributed by atoms with Gasteiger partial charge in [-0.1, -0.05) is 59.1 Å². The van der Waals surface area contributed by atoms with Gasteiger partial charge >= 0.3 is 0 Å². The summed E-state index contributed by atoms with van der Waals surface area (Å²) in [6, 6.07) is 20.2. The van der Waals surface area contributed by atoms with Crippen molar-refractivity contribution < 1.29 is 9.53 Å². The zero-order valence-electron chi connectivity index (χ0n) is 17.4. The molecular formula is C25H23Cl3N2O2. The number of halogens is 3. The lowest BCUT2D eigenvalue weighted by molar-refractivity contribution is -0.121. The smallest absolute Gasteiger partial charge is 0.228 e. The highest BCUT2D eigenvalue weighted by Crippen LogP contribution is 2.33. The van der Waals surface area contributed by atoms with Crippen LogP contribution >= 0.6 is 34.8 Å². The average Bonchev–Trinajstić information content (AvgIpc) is 2.78. The lowest BCUT2D eigenvalue weighted by atomic mass is 9.96. The predicted molar refractivity (Wildman–Crippen MR) is 131 cm³/mol. The zero-order chi connectivity index (χ0) is 22.5. The van der Waals surface area contributed by atoms with E-state index in [9.17, 15) is 4.79 Å². The topological polar surface area (TPSA) is 41.6 Å². The minimum absolute atomic E-state index is 0.0444. The van der Waals surface area contributed by atoms with Crippen molar-refractivity contribution in [2.45, 2.75) is 19.4 Å². The summed E-state index contributed by atoms with van der Waals surface area (Å²) >= 11 is 18.5. The Balaban J connectivity index is 1.43. The monoisotopic (exact) mass is 488 g/mol. The highest BCUT2D eigenvalue weighted by Gasteiger charge is 2.27. The first kappa shape index (κ1) is 22.9. The molecule has 32 heavy (non-hydrogen) atoms. The molecule has 7 heteroatoms. The van der Waals surface area contributed by atoms with Crippen molar-refractivity contribution in [3.63, 3.8) is 0 Å². The number of piperidine rings is 1. The van der Waals surface area contributed by atoms with E-state index in [1.54, 1.807) is 24.3 Å². The minimum Gasteiger partial charge on any atom is -0.455 e. The van der Waals surface area contributed by atoms with Gasteiger partial charge in [0.1, 0.15) is 5.75 Å². The van der Waals surface area contributed by atoms with Crippen LogP contribution in [0.5, 0.6) is 11.5 Å². The Morgan fingerprint density at radius 1 is 1.00 bits per heavy atom. The van der Waals surface area contributed by atoms with Crippen LogP contribution in [0.3, 0.4) is 0 Å². The quantitative estimate of drug-likeness (QED) is 0.395. The Labute approximate surface area is 203 Å². The first-order valence-corrected chi connectivity index (χ1v) is 11.6. The van der Waals surface area contributed by atoms with Crippen molar-refractivity contribution in [2.75, 3.05) is 18.4 Å². The normalized spacial score (nSPS) is 16.5. The number of rotatable bonds is 6. The number of benzene rings is 3. The lowest BCUT2D eigenvalue weighted by Gasteiger charge is -2.32. The Bertz CT molecular complexity index is 1090. The molecule has 1 heterocycles. The fourth-order valence-corrected chi connectivity index (χ4v) is 4.48. The predicted octanol–water partition coefficient (Wildman–Crippen LogP) is 7.29. The van der Waals surface area contributed by atoms with Crippen LogP contribution in [0.15, 0.2) is 66.7 Å². The standard InChI is InChI=1S/C25H23Cl3N2O2/c26-19-9-8-17(22(28)13-19)15-30-12-4-5-18(16-30)25(31)29-23-14-20(27)10-11-24(23)32-21-6-2-1-3-7-21/h1-3,6-11,13-14,18H,4-5,12,15-16H2,(H,29,31)/t18-/m0/s1. The fourth-order valence-electron chi connectivity index (χ4n) is 3.84. The van der Waals surface area contributed by atoms with Crippen molar-refractivity contribution in [3.05, 3.63) is 87.4 Å². The fraction of sp³-hybridized carbons (Fsp3) is 0.240. The molecule has 166 valence electrons. The molecule has 0 spiro atoms. The number of hydrogen-bond acceptors (Lipinski definition) is 3. The van der Waals surface area contributed by atoms with Gasteiger partial charge < -0.3 is 10.1 Å². The lowest BCUT2D eigenvalue weighted by Crippen LogP contribution is -2.40. The van der Waals surface area contributed by atoms with Crippen LogP contribution in [0.2, 0.25) is 15.1 Å². The molecule has 1 fully saturated rings. The molecule has 0 radical (unpaired) electrons. The van der Waals surface area contributed by atoms with E-state index in [0.717, 1.165) is 24.9 Å². The van der Waals surface area contributed by atoms with E-state index in [-0.39, 0.29) is 11.8 Å². The summed E-state index contributed by atoms with van der Waals surface area (Å²) in [5.41, 5.74) is 1.56. The maximum absolute atomic E-state index is 13.1. The zero-order valence-corrected chi connectivity index (χ0v) is 19.6. The molecule has 0 aliphatic carbocycles. The molecule has 4 rings (SSSR count). The molecule has 0 aromatic heterocycles. The number of carbonyl (C=O) groups excluding carboxylic acids is 1. The second-order valence-electron chi connectivity index (χ2n) is 7.85. The number of ether oxygens (including phenoxy) is 1. The van der Waals surface area contributed by atoms with Crippen molar-refractivity contribution in [1.82, 2.24) is 4.90 Å². The number of amides is 1. The van der Waals surface area contributed by atoms with E-state index in [1.165, 1.54) is 0 Å². The third-order valence-electron chi connectivity index (χ3n) is 5.46. The number of nitrogens with zero attached hydrogens (tertiary/aromatic N) is 1. The van der Waals surface area contributed by atoms with Gasteiger partial charge in [-0.25, -0.2) is 0 Å². The molecule has 1 N–H and O–H groups in total. The summed E-state index contributed by atoms with van der Waals surface area (Å²) in [5.74, 6) is 1.05. The molecule has 1 atom stereocenters. The van der Waals surface area contributed by atoms with Gasteiger partial charge in [0, 0.05) is 28.2 Å². The van der Waals surface area contributed by atoms with Gasteiger partial charge in [-0.2, -0.15) is 0 Å². The van der Waals surface area contributed by atoms with Crippen LogP contribution in [0.4, 0.5) is 5.69 Å². The maximum Gasteiger partial charge on any atom is 0.228 e. The number of hydrogen-bond donors (Lipinski definition) is 1. The summed E-state index contributed by atoms with van der Waals surface area (Å²) < 4.78 is 5.97. The molecule has 1 aliphatic heterocycles. The van der Waals surface area contributed by atoms with Gasteiger partial charge in [-0.15, -0.1) is 0 Å². The maximum atomic E-state index is 13.1. The van der Waals surface area contributed by atoms with Gasteiger partial charge in [0.2, 0.25) is 5.91 Å². The number of likely N-dealkylation sites (tertiary alicyclic amines) is 1. The molecule has 1 amide bonds. The van der Waals surface area contributed by atoms with Crippen molar-refractivity contribution in [2.24, 2.45) is 5.92 Å². The first-order chi connectivity index (χ1) is 15.5. The number of para-hydroxylation sites is 1. The second kappa shape index (κ2) is 10.6. The van der Waals surface area contributed by atoms with E-state index >= 15 is 0 Å². The van der Waals surface area contributed by atoms with Crippen LogP contribution in [-0.2, 0) is 11.3 Å². The molecular weight excluding hydrogens is 467 g/mol. The summed E-state index contributed by atoms with van der Waals surface area (Å²) in [7, 11) is 0. The largest absolute Gasteiger partial charge is 0.455 e. The third-order valence-corrected chi connectivity index (χ3v) is 6.28. The van der Waals surface area contributed by atoms with Crippen molar-refractivity contribution >= 4 is 46.4 Å². The second-order valence-corrected chi connectivity index (χ2v) is 9.13. The third kappa shape index (κ3) is 5.96. The van der Waals surface area contributed by atoms with Crippen LogP contribution < -0.4 is 10.1 Å². The molecule has 3 aromatic rings. The van der Waals surface area contributed by atoms with Gasteiger partial charge in [0.15, 0.2) is 5.75 Å². The van der Waals surface area contributed by atoms with Crippen LogP contribution in [-0.4, -0.2) is 23.9 Å². The van der Waals surface area contributed by atoms with Gasteiger partial charge in [-0.05, 0) is 67.4 Å². The van der Waals surface area contributed by atoms with Gasteiger partial charge in [0.25, 0.3) is 0 Å². The molecule has 0 saturated carbocycles. The van der Waals surface area contributed by atoms with E-state index < -0.39 is 0 Å². The van der Waals surface area contributed by atoms with Crippen LogP contribution in [0, 0.1) is 5.92 Å². The summed E-state index contributed by atoms with van der Waals surface area (Å²) in [6.07, 6.45) is 1.76. The number of carbonyl (C=O) groups is 1. The Morgan fingerprint density at radius 3 is 2.53 bits per heavy atom. The SMILES string of the molecule is O=C(Nc1cc(Cl)ccc1Oc1ccccc1)[C@H]1CCCN(Cc2ccc(Cl)cc2Cl)C1. The summed E-state index contributed by atoms with van der Waals surface area (Å²) in [6.45, 7) is 2.25. The molecule has 3 aromatic carbocycles. The van der Waals surface area contributed by atoms with Crippen molar-refractivity contribution in [1.29, 1.82) is 0 Å². The molecule has 0 bridgehead atoms. The van der Waals surface area contributed by atoms with E-state index in [1.807, 2.05) is 42.5 Å².